The molecule has 0 amide bonds. The zero-order chi connectivity index (χ0) is 14.4. The van der Waals surface area contributed by atoms with Crippen molar-refractivity contribution in [3.05, 3.63) is 59.7 Å². The molecular weight excluding hydrogens is 250 g/mol. The van der Waals surface area contributed by atoms with Crippen LogP contribution in [0.2, 0.25) is 0 Å². The molecule has 0 saturated carbocycles. The molecule has 0 heterocycles. The summed E-state index contributed by atoms with van der Waals surface area (Å²) >= 11 is 0. The van der Waals surface area contributed by atoms with Gasteiger partial charge in [0, 0.05) is 6.04 Å². The Balaban J connectivity index is 1.95. The maximum atomic E-state index is 6.23. The zero-order valence-electron chi connectivity index (χ0n) is 12.0. The van der Waals surface area contributed by atoms with Gasteiger partial charge in [0.15, 0.2) is 0 Å². The second-order valence-corrected chi connectivity index (χ2v) is 4.77. The van der Waals surface area contributed by atoms with Gasteiger partial charge in [0.05, 0.1) is 14.2 Å². The molecule has 0 bridgehead atoms. The standard InChI is InChI=1S/C17H21NO2/c1-19-15-9-7-14(8-10-15)17(18)11-6-13-4-3-5-16(12-13)20-2/h3-5,7-10,12,17H,6,11,18H2,1-2H3. The minimum Gasteiger partial charge on any atom is -0.497 e. The summed E-state index contributed by atoms with van der Waals surface area (Å²) in [6, 6.07) is 16.1. The van der Waals surface area contributed by atoms with Crippen LogP contribution in [0.25, 0.3) is 0 Å². The lowest BCUT2D eigenvalue weighted by molar-refractivity contribution is 0.414. The van der Waals surface area contributed by atoms with Crippen molar-refractivity contribution >= 4 is 0 Å². The highest BCUT2D eigenvalue weighted by molar-refractivity contribution is 5.30. The molecule has 3 nitrogen and oxygen atoms in total. The molecule has 20 heavy (non-hydrogen) atoms. The minimum atomic E-state index is 0.0344. The van der Waals surface area contributed by atoms with Gasteiger partial charge in [0.1, 0.15) is 11.5 Å². The number of benzene rings is 2. The summed E-state index contributed by atoms with van der Waals surface area (Å²) in [5.41, 5.74) is 8.61. The van der Waals surface area contributed by atoms with E-state index in [0.717, 1.165) is 29.9 Å². The number of methoxy groups -OCH3 is 2. The van der Waals surface area contributed by atoms with E-state index in [1.54, 1.807) is 14.2 Å². The predicted octanol–water partition coefficient (Wildman–Crippen LogP) is 3.34. The summed E-state index contributed by atoms with van der Waals surface area (Å²) in [5.74, 6) is 1.74. The average molecular weight is 271 g/mol. The van der Waals surface area contributed by atoms with Crippen molar-refractivity contribution < 1.29 is 9.47 Å². The van der Waals surface area contributed by atoms with E-state index in [-0.39, 0.29) is 6.04 Å². The molecule has 2 aromatic carbocycles. The summed E-state index contributed by atoms with van der Waals surface area (Å²) in [5, 5.41) is 0. The van der Waals surface area contributed by atoms with Crippen LogP contribution in [0, 0.1) is 0 Å². The molecule has 0 aliphatic carbocycles. The summed E-state index contributed by atoms with van der Waals surface area (Å²) in [4.78, 5) is 0. The molecule has 0 saturated heterocycles. The van der Waals surface area contributed by atoms with E-state index < -0.39 is 0 Å². The molecule has 1 unspecified atom stereocenters. The highest BCUT2D eigenvalue weighted by Gasteiger charge is 2.07. The van der Waals surface area contributed by atoms with Crippen LogP contribution in [0.1, 0.15) is 23.6 Å². The van der Waals surface area contributed by atoms with Crippen molar-refractivity contribution in [2.24, 2.45) is 5.73 Å². The van der Waals surface area contributed by atoms with E-state index in [1.165, 1.54) is 5.56 Å². The molecule has 1 atom stereocenters. The first kappa shape index (κ1) is 14.4. The molecule has 0 aliphatic rings. The van der Waals surface area contributed by atoms with Crippen molar-refractivity contribution in [1.29, 1.82) is 0 Å². The topological polar surface area (TPSA) is 44.5 Å². The van der Waals surface area contributed by atoms with Crippen molar-refractivity contribution in [3.8, 4) is 11.5 Å². The number of nitrogens with two attached hydrogens (primary N) is 1. The molecule has 106 valence electrons. The van der Waals surface area contributed by atoms with Crippen LogP contribution in [0.4, 0.5) is 0 Å². The fraction of sp³-hybridized carbons (Fsp3) is 0.294. The molecular formula is C17H21NO2. The van der Waals surface area contributed by atoms with E-state index in [0.29, 0.717) is 0 Å². The SMILES string of the molecule is COc1ccc(C(N)CCc2cccc(OC)c2)cc1. The van der Waals surface area contributed by atoms with Crippen molar-refractivity contribution in [2.45, 2.75) is 18.9 Å². The Morgan fingerprint density at radius 1 is 0.950 bits per heavy atom. The van der Waals surface area contributed by atoms with Gasteiger partial charge < -0.3 is 15.2 Å². The quantitative estimate of drug-likeness (QED) is 0.876. The van der Waals surface area contributed by atoms with E-state index in [4.69, 9.17) is 15.2 Å². The first-order chi connectivity index (χ1) is 9.72. The second-order valence-electron chi connectivity index (χ2n) is 4.77. The van der Waals surface area contributed by atoms with Crippen LogP contribution in [0.5, 0.6) is 11.5 Å². The van der Waals surface area contributed by atoms with Gasteiger partial charge in [-0.25, -0.2) is 0 Å². The highest BCUT2D eigenvalue weighted by Crippen LogP contribution is 2.21. The Labute approximate surface area is 120 Å². The number of aryl methyl sites for hydroxylation is 1. The minimum absolute atomic E-state index is 0.0344. The van der Waals surface area contributed by atoms with Crippen LogP contribution in [0.3, 0.4) is 0 Å². The Morgan fingerprint density at radius 3 is 2.30 bits per heavy atom. The lowest BCUT2D eigenvalue weighted by atomic mass is 9.99. The third kappa shape index (κ3) is 3.75. The van der Waals surface area contributed by atoms with Gasteiger partial charge in [-0.15, -0.1) is 0 Å². The Morgan fingerprint density at radius 2 is 1.65 bits per heavy atom. The van der Waals surface area contributed by atoms with Gasteiger partial charge >= 0.3 is 0 Å². The molecule has 0 aliphatic heterocycles. The Kier molecular flexibility index (Phi) is 5.02. The molecule has 0 radical (unpaired) electrons. The molecule has 0 fully saturated rings. The average Bonchev–Trinajstić information content (AvgIpc) is 2.53. The third-order valence-corrected chi connectivity index (χ3v) is 3.42. The van der Waals surface area contributed by atoms with Crippen LogP contribution in [-0.4, -0.2) is 14.2 Å². The molecule has 2 rings (SSSR count). The van der Waals surface area contributed by atoms with Crippen molar-refractivity contribution in [3.63, 3.8) is 0 Å². The summed E-state index contributed by atoms with van der Waals surface area (Å²) < 4.78 is 10.4. The lowest BCUT2D eigenvalue weighted by Gasteiger charge is -2.13. The van der Waals surface area contributed by atoms with Crippen LogP contribution >= 0.6 is 0 Å². The van der Waals surface area contributed by atoms with E-state index >= 15 is 0 Å². The largest absolute Gasteiger partial charge is 0.497 e. The van der Waals surface area contributed by atoms with E-state index in [1.807, 2.05) is 36.4 Å². The summed E-state index contributed by atoms with van der Waals surface area (Å²) in [6.45, 7) is 0. The normalized spacial score (nSPS) is 11.9. The van der Waals surface area contributed by atoms with Gasteiger partial charge in [-0.2, -0.15) is 0 Å². The van der Waals surface area contributed by atoms with Gasteiger partial charge in [-0.05, 0) is 48.2 Å². The second kappa shape index (κ2) is 6.96. The van der Waals surface area contributed by atoms with E-state index in [2.05, 4.69) is 12.1 Å². The van der Waals surface area contributed by atoms with Crippen LogP contribution < -0.4 is 15.2 Å². The van der Waals surface area contributed by atoms with Gasteiger partial charge in [-0.1, -0.05) is 24.3 Å². The monoisotopic (exact) mass is 271 g/mol. The lowest BCUT2D eigenvalue weighted by Crippen LogP contribution is -2.11. The zero-order valence-corrected chi connectivity index (χ0v) is 12.0. The first-order valence-corrected chi connectivity index (χ1v) is 6.75. The number of ether oxygens (including phenoxy) is 2. The van der Waals surface area contributed by atoms with Gasteiger partial charge in [-0.3, -0.25) is 0 Å². The Bertz CT molecular complexity index is 537. The van der Waals surface area contributed by atoms with Crippen molar-refractivity contribution in [1.82, 2.24) is 0 Å². The molecule has 2 aromatic rings. The number of hydrogen-bond acceptors (Lipinski definition) is 3. The van der Waals surface area contributed by atoms with Gasteiger partial charge in [0.2, 0.25) is 0 Å². The fourth-order valence-electron chi connectivity index (χ4n) is 2.17. The smallest absolute Gasteiger partial charge is 0.119 e. The third-order valence-electron chi connectivity index (χ3n) is 3.42. The van der Waals surface area contributed by atoms with Crippen LogP contribution in [-0.2, 0) is 6.42 Å². The van der Waals surface area contributed by atoms with Gasteiger partial charge in [0.25, 0.3) is 0 Å². The van der Waals surface area contributed by atoms with E-state index in [9.17, 15) is 0 Å². The maximum absolute atomic E-state index is 6.23. The summed E-state index contributed by atoms with van der Waals surface area (Å²) in [7, 11) is 3.35. The molecule has 3 heteroatoms. The molecule has 0 spiro atoms. The molecule has 0 aromatic heterocycles. The first-order valence-electron chi connectivity index (χ1n) is 6.75. The fourth-order valence-corrected chi connectivity index (χ4v) is 2.17. The Hall–Kier alpha value is -2.00. The number of rotatable bonds is 6. The van der Waals surface area contributed by atoms with Crippen molar-refractivity contribution in [2.75, 3.05) is 14.2 Å². The maximum Gasteiger partial charge on any atom is 0.119 e. The summed E-state index contributed by atoms with van der Waals surface area (Å²) in [6.07, 6.45) is 1.84. The highest BCUT2D eigenvalue weighted by atomic mass is 16.5. The molecule has 2 N–H and O–H groups in total. The van der Waals surface area contributed by atoms with Crippen LogP contribution in [0.15, 0.2) is 48.5 Å². The number of hydrogen-bond donors (Lipinski definition) is 1. The predicted molar refractivity (Wildman–Crippen MR) is 81.2 cm³/mol.